The molecule has 0 aliphatic heterocycles. The molecule has 0 bridgehead atoms. The Hall–Kier alpha value is -3.94. The molecule has 0 atom stereocenters. The summed E-state index contributed by atoms with van der Waals surface area (Å²) in [4.78, 5) is 4.61. The first-order chi connectivity index (χ1) is 15.7. The minimum atomic E-state index is 0.301. The third-order valence-electron chi connectivity index (χ3n) is 5.32. The van der Waals surface area contributed by atoms with Crippen molar-refractivity contribution in [3.05, 3.63) is 66.2 Å². The van der Waals surface area contributed by atoms with Crippen molar-refractivity contribution >= 4 is 10.8 Å². The topological polar surface area (TPSA) is 92.0 Å². The molecule has 0 unspecified atom stereocenters. The van der Waals surface area contributed by atoms with Gasteiger partial charge < -0.3 is 13.6 Å². The van der Waals surface area contributed by atoms with Crippen LogP contribution in [0.4, 0.5) is 0 Å². The van der Waals surface area contributed by atoms with E-state index in [1.807, 2.05) is 55.5 Å². The fourth-order valence-corrected chi connectivity index (χ4v) is 3.53. The van der Waals surface area contributed by atoms with Gasteiger partial charge >= 0.3 is 0 Å². The van der Waals surface area contributed by atoms with Gasteiger partial charge in [-0.25, -0.2) is 9.67 Å². The molecule has 0 amide bonds. The zero-order valence-corrected chi connectivity index (χ0v) is 18.0. The molecule has 5 aromatic rings. The van der Waals surface area contributed by atoms with Crippen LogP contribution in [0.2, 0.25) is 0 Å². The summed E-state index contributed by atoms with van der Waals surface area (Å²) in [6.45, 7) is 5.07. The minimum absolute atomic E-state index is 0.301. The predicted molar refractivity (Wildman–Crippen MR) is 119 cm³/mol. The molecule has 3 aromatic heterocycles. The number of aryl methyl sites for hydroxylation is 2. The Kier molecular flexibility index (Phi) is 5.41. The number of fused-ring (bicyclic) bond motifs is 1. The van der Waals surface area contributed by atoms with E-state index in [4.69, 9.17) is 13.6 Å². The molecule has 8 nitrogen and oxygen atoms in total. The second kappa shape index (κ2) is 8.66. The van der Waals surface area contributed by atoms with Crippen LogP contribution in [0.25, 0.3) is 33.8 Å². The highest BCUT2D eigenvalue weighted by Crippen LogP contribution is 2.32. The smallest absolute Gasteiger partial charge is 0.226 e. The van der Waals surface area contributed by atoms with Crippen LogP contribution in [0.5, 0.6) is 5.75 Å². The number of unbranched alkanes of at least 4 members (excludes halogenated alkanes) is 1. The second-order valence-electron chi connectivity index (χ2n) is 7.57. The van der Waals surface area contributed by atoms with Crippen molar-refractivity contribution in [2.24, 2.45) is 0 Å². The van der Waals surface area contributed by atoms with Crippen molar-refractivity contribution < 1.29 is 13.6 Å². The van der Waals surface area contributed by atoms with Crippen molar-refractivity contribution in [1.29, 1.82) is 0 Å². The van der Waals surface area contributed by atoms with E-state index in [1.165, 1.54) is 0 Å². The van der Waals surface area contributed by atoms with Gasteiger partial charge in [0.15, 0.2) is 5.76 Å². The number of aromatic nitrogens is 5. The molecule has 0 aliphatic rings. The highest BCUT2D eigenvalue weighted by molar-refractivity contribution is 5.93. The first-order valence-corrected chi connectivity index (χ1v) is 10.6. The monoisotopic (exact) mass is 429 g/mol. The Balaban J connectivity index is 1.38. The van der Waals surface area contributed by atoms with Gasteiger partial charge in [0.05, 0.1) is 6.26 Å². The Bertz CT molecular complexity index is 1340. The van der Waals surface area contributed by atoms with Crippen molar-refractivity contribution in [3.8, 4) is 28.8 Å². The first-order valence-electron chi connectivity index (χ1n) is 10.6. The number of hydrogen-bond acceptors (Lipinski definition) is 7. The number of nitrogens with zero attached hydrogens (tertiary/aromatic N) is 5. The summed E-state index contributed by atoms with van der Waals surface area (Å²) >= 11 is 0. The third-order valence-corrected chi connectivity index (χ3v) is 5.32. The Morgan fingerprint density at radius 3 is 2.81 bits per heavy atom. The zero-order chi connectivity index (χ0) is 21.9. The number of ether oxygens (including phenoxy) is 1. The van der Waals surface area contributed by atoms with E-state index in [0.29, 0.717) is 29.8 Å². The molecule has 0 fully saturated rings. The molecule has 0 N–H and O–H groups in total. The van der Waals surface area contributed by atoms with Gasteiger partial charge in [0.1, 0.15) is 23.8 Å². The van der Waals surface area contributed by atoms with E-state index in [-0.39, 0.29) is 0 Å². The van der Waals surface area contributed by atoms with Crippen molar-refractivity contribution in [1.82, 2.24) is 25.2 Å². The van der Waals surface area contributed by atoms with Crippen molar-refractivity contribution in [2.75, 3.05) is 0 Å². The first kappa shape index (κ1) is 20.0. The van der Waals surface area contributed by atoms with Crippen molar-refractivity contribution in [2.45, 2.75) is 39.8 Å². The summed E-state index contributed by atoms with van der Waals surface area (Å²) in [6.07, 6.45) is 3.76. The Morgan fingerprint density at radius 2 is 1.97 bits per heavy atom. The average molecular weight is 429 g/mol. The maximum atomic E-state index is 6.04. The molecule has 0 radical (unpaired) electrons. The average Bonchev–Trinajstić information content (AvgIpc) is 3.54. The quantitative estimate of drug-likeness (QED) is 0.325. The van der Waals surface area contributed by atoms with Gasteiger partial charge in [0.2, 0.25) is 11.7 Å². The molecule has 2 aromatic carbocycles. The van der Waals surface area contributed by atoms with E-state index in [1.54, 1.807) is 10.9 Å². The van der Waals surface area contributed by atoms with Gasteiger partial charge in [-0.3, -0.25) is 0 Å². The highest BCUT2D eigenvalue weighted by Gasteiger charge is 2.17. The number of oxazole rings is 1. The lowest BCUT2D eigenvalue weighted by Gasteiger charge is -2.05. The normalized spacial score (nSPS) is 11.3. The van der Waals surface area contributed by atoms with Crippen LogP contribution in [0.15, 0.2) is 63.6 Å². The molecule has 3 heterocycles. The summed E-state index contributed by atoms with van der Waals surface area (Å²) in [6, 6.07) is 15.6. The second-order valence-corrected chi connectivity index (χ2v) is 7.57. The lowest BCUT2D eigenvalue weighted by atomic mass is 10.1. The van der Waals surface area contributed by atoms with E-state index in [0.717, 1.165) is 47.2 Å². The van der Waals surface area contributed by atoms with Crippen LogP contribution in [-0.2, 0) is 13.2 Å². The van der Waals surface area contributed by atoms with Gasteiger partial charge in [0.25, 0.3) is 0 Å². The largest absolute Gasteiger partial charge is 0.487 e. The fourth-order valence-electron chi connectivity index (χ4n) is 3.53. The summed E-state index contributed by atoms with van der Waals surface area (Å²) in [5.41, 5.74) is 1.70. The molecular weight excluding hydrogens is 406 g/mol. The van der Waals surface area contributed by atoms with E-state index in [9.17, 15) is 0 Å². The predicted octanol–water partition coefficient (Wildman–Crippen LogP) is 5.43. The van der Waals surface area contributed by atoms with E-state index in [2.05, 4.69) is 27.4 Å². The van der Waals surface area contributed by atoms with Gasteiger partial charge in [-0.1, -0.05) is 31.5 Å². The molecule has 0 saturated carbocycles. The van der Waals surface area contributed by atoms with Gasteiger partial charge in [-0.2, -0.15) is 0 Å². The summed E-state index contributed by atoms with van der Waals surface area (Å²) in [5, 5.41) is 14.0. The minimum Gasteiger partial charge on any atom is -0.487 e. The van der Waals surface area contributed by atoms with Gasteiger partial charge in [-0.15, -0.1) is 5.10 Å². The van der Waals surface area contributed by atoms with Crippen LogP contribution >= 0.6 is 0 Å². The number of tetrazole rings is 1. The number of benzene rings is 2. The molecule has 32 heavy (non-hydrogen) atoms. The van der Waals surface area contributed by atoms with Crippen LogP contribution in [0.3, 0.4) is 0 Å². The van der Waals surface area contributed by atoms with E-state index < -0.39 is 0 Å². The summed E-state index contributed by atoms with van der Waals surface area (Å²) in [7, 11) is 0. The zero-order valence-electron chi connectivity index (χ0n) is 18.0. The van der Waals surface area contributed by atoms with Crippen LogP contribution in [0, 0.1) is 6.92 Å². The molecule has 8 heteroatoms. The molecule has 5 rings (SSSR count). The molecule has 0 spiro atoms. The lowest BCUT2D eigenvalue weighted by Crippen LogP contribution is -2.02. The SMILES string of the molecule is CCCCn1nnnc1-c1occ2ccc(OCc3nc(-c4ccccc4)oc3C)cc12. The van der Waals surface area contributed by atoms with Gasteiger partial charge in [-0.05, 0) is 54.1 Å². The Labute approximate surface area is 184 Å². The molecule has 0 aliphatic carbocycles. The summed E-state index contributed by atoms with van der Waals surface area (Å²) < 4.78 is 19.5. The fraction of sp³-hybridized carbons (Fsp3) is 0.250. The highest BCUT2D eigenvalue weighted by atomic mass is 16.5. The maximum Gasteiger partial charge on any atom is 0.226 e. The van der Waals surface area contributed by atoms with Crippen LogP contribution < -0.4 is 4.74 Å². The number of hydrogen-bond donors (Lipinski definition) is 0. The van der Waals surface area contributed by atoms with E-state index >= 15 is 0 Å². The molecule has 162 valence electrons. The van der Waals surface area contributed by atoms with Crippen molar-refractivity contribution in [3.63, 3.8) is 0 Å². The molecule has 0 saturated heterocycles. The number of furan rings is 1. The summed E-state index contributed by atoms with van der Waals surface area (Å²) in [5.74, 6) is 3.29. The lowest BCUT2D eigenvalue weighted by molar-refractivity contribution is 0.300. The maximum absolute atomic E-state index is 6.04. The standard InChI is InChI=1S/C24H23N5O3/c1-3-4-12-29-23(26-27-28-29)22-20-13-19(11-10-18(20)14-31-22)30-15-21-16(2)32-24(25-21)17-8-6-5-7-9-17/h5-11,13-14H,3-4,12,15H2,1-2H3. The Morgan fingerprint density at radius 1 is 1.09 bits per heavy atom. The van der Waals surface area contributed by atoms with Crippen LogP contribution in [-0.4, -0.2) is 25.2 Å². The van der Waals surface area contributed by atoms with Gasteiger partial charge in [0, 0.05) is 22.9 Å². The van der Waals surface area contributed by atoms with Crippen LogP contribution in [0.1, 0.15) is 31.2 Å². The number of rotatable bonds is 8. The third kappa shape index (κ3) is 3.87. The molecular formula is C24H23N5O3.